The molecule has 1 fully saturated rings. The third-order valence-electron chi connectivity index (χ3n) is 3.72. The van der Waals surface area contributed by atoms with Gasteiger partial charge in [-0.1, -0.05) is 0 Å². The minimum atomic E-state index is -0.878. The molecule has 1 aromatic rings. The van der Waals surface area contributed by atoms with Gasteiger partial charge < -0.3 is 15.2 Å². The van der Waals surface area contributed by atoms with Crippen LogP contribution in [-0.2, 0) is 9.59 Å². The van der Waals surface area contributed by atoms with Gasteiger partial charge in [0.15, 0.2) is 0 Å². The van der Waals surface area contributed by atoms with Gasteiger partial charge in [0.2, 0.25) is 5.91 Å². The first kappa shape index (κ1) is 16.3. The summed E-state index contributed by atoms with van der Waals surface area (Å²) >= 11 is 0. The van der Waals surface area contributed by atoms with Crippen molar-refractivity contribution >= 4 is 17.6 Å². The molecule has 0 saturated heterocycles. The Morgan fingerprint density at radius 3 is 2.55 bits per heavy atom. The van der Waals surface area contributed by atoms with Crippen LogP contribution < -0.4 is 10.1 Å². The largest absolute Gasteiger partial charge is 0.491 e. The van der Waals surface area contributed by atoms with E-state index in [4.69, 9.17) is 9.84 Å². The Morgan fingerprint density at radius 2 is 2.00 bits per heavy atom. The molecule has 120 valence electrons. The van der Waals surface area contributed by atoms with E-state index in [2.05, 4.69) is 5.32 Å². The molecule has 0 spiro atoms. The minimum Gasteiger partial charge on any atom is -0.491 e. The van der Waals surface area contributed by atoms with Crippen molar-refractivity contribution in [3.63, 3.8) is 0 Å². The molecule has 0 unspecified atom stereocenters. The van der Waals surface area contributed by atoms with E-state index in [1.54, 1.807) is 6.07 Å². The molecule has 2 rings (SSSR count). The van der Waals surface area contributed by atoms with Crippen LogP contribution in [0.15, 0.2) is 18.2 Å². The second kappa shape index (κ2) is 6.77. The van der Waals surface area contributed by atoms with Crippen molar-refractivity contribution in [2.75, 3.05) is 5.32 Å². The fourth-order valence-corrected chi connectivity index (χ4v) is 2.62. The molecule has 1 aromatic carbocycles. The van der Waals surface area contributed by atoms with Gasteiger partial charge in [0.1, 0.15) is 11.6 Å². The molecule has 0 aromatic heterocycles. The second-order valence-corrected chi connectivity index (χ2v) is 5.84. The van der Waals surface area contributed by atoms with Gasteiger partial charge in [-0.2, -0.15) is 0 Å². The minimum absolute atomic E-state index is 0.0636. The lowest BCUT2D eigenvalue weighted by atomic mass is 10.0. The van der Waals surface area contributed by atoms with Crippen molar-refractivity contribution in [2.45, 2.75) is 39.2 Å². The SMILES string of the molecule is CC(C)Oc1ccc(NC(=O)[C@@H]2CC[C@H](C(=O)O)C2)c(F)c1. The van der Waals surface area contributed by atoms with E-state index in [9.17, 15) is 14.0 Å². The Morgan fingerprint density at radius 1 is 1.32 bits per heavy atom. The molecule has 6 heteroatoms. The average Bonchev–Trinajstić information content (AvgIpc) is 2.91. The van der Waals surface area contributed by atoms with Gasteiger partial charge in [-0.05, 0) is 45.2 Å². The first-order chi connectivity index (χ1) is 10.4. The molecular formula is C16H20FNO4. The molecule has 1 aliphatic carbocycles. The van der Waals surface area contributed by atoms with Crippen LogP contribution >= 0.6 is 0 Å². The van der Waals surface area contributed by atoms with Crippen molar-refractivity contribution in [1.82, 2.24) is 0 Å². The Kier molecular flexibility index (Phi) is 5.00. The molecule has 5 nitrogen and oxygen atoms in total. The summed E-state index contributed by atoms with van der Waals surface area (Å²) in [5.74, 6) is -2.25. The predicted molar refractivity (Wildman–Crippen MR) is 79.3 cm³/mol. The molecule has 0 aliphatic heterocycles. The highest BCUT2D eigenvalue weighted by atomic mass is 19.1. The number of ether oxygens (including phenoxy) is 1. The van der Waals surface area contributed by atoms with Crippen LogP contribution in [0.5, 0.6) is 5.75 Å². The molecule has 0 bridgehead atoms. The molecule has 2 atom stereocenters. The van der Waals surface area contributed by atoms with Crippen molar-refractivity contribution in [2.24, 2.45) is 11.8 Å². The van der Waals surface area contributed by atoms with E-state index in [-0.39, 0.29) is 23.6 Å². The number of hydrogen-bond donors (Lipinski definition) is 2. The topological polar surface area (TPSA) is 75.6 Å². The third kappa shape index (κ3) is 3.96. The van der Waals surface area contributed by atoms with Crippen LogP contribution in [0, 0.1) is 17.7 Å². The number of carbonyl (C=O) groups is 2. The number of rotatable bonds is 5. The third-order valence-corrected chi connectivity index (χ3v) is 3.72. The Bertz CT molecular complexity index is 573. The van der Waals surface area contributed by atoms with Crippen molar-refractivity contribution in [3.8, 4) is 5.75 Å². The number of halogens is 1. The van der Waals surface area contributed by atoms with E-state index in [0.717, 1.165) is 0 Å². The fourth-order valence-electron chi connectivity index (χ4n) is 2.62. The summed E-state index contributed by atoms with van der Waals surface area (Å²) in [6, 6.07) is 4.27. The van der Waals surface area contributed by atoms with Crippen LogP contribution in [0.2, 0.25) is 0 Å². The quantitative estimate of drug-likeness (QED) is 0.876. The van der Waals surface area contributed by atoms with Gasteiger partial charge in [-0.3, -0.25) is 9.59 Å². The first-order valence-electron chi connectivity index (χ1n) is 7.36. The number of carbonyl (C=O) groups excluding carboxylic acids is 1. The van der Waals surface area contributed by atoms with Crippen molar-refractivity contribution in [3.05, 3.63) is 24.0 Å². The molecule has 2 N–H and O–H groups in total. The van der Waals surface area contributed by atoms with E-state index in [1.165, 1.54) is 12.1 Å². The molecule has 1 amide bonds. The van der Waals surface area contributed by atoms with Crippen LogP contribution in [0.1, 0.15) is 33.1 Å². The fraction of sp³-hybridized carbons (Fsp3) is 0.500. The van der Waals surface area contributed by atoms with Crippen LogP contribution in [0.25, 0.3) is 0 Å². The van der Waals surface area contributed by atoms with E-state index in [1.807, 2.05) is 13.8 Å². The van der Waals surface area contributed by atoms with Gasteiger partial charge in [0, 0.05) is 12.0 Å². The Balaban J connectivity index is 1.99. The van der Waals surface area contributed by atoms with Crippen LogP contribution in [0.4, 0.5) is 10.1 Å². The normalized spacial score (nSPS) is 20.9. The van der Waals surface area contributed by atoms with E-state index >= 15 is 0 Å². The molecule has 22 heavy (non-hydrogen) atoms. The van der Waals surface area contributed by atoms with Crippen molar-refractivity contribution in [1.29, 1.82) is 0 Å². The second-order valence-electron chi connectivity index (χ2n) is 5.84. The summed E-state index contributed by atoms with van der Waals surface area (Å²) in [4.78, 5) is 23.0. The maximum absolute atomic E-state index is 14.0. The molecule has 0 heterocycles. The predicted octanol–water partition coefficient (Wildman–Crippen LogP) is 3.05. The van der Waals surface area contributed by atoms with Gasteiger partial charge >= 0.3 is 5.97 Å². The number of amides is 1. The average molecular weight is 309 g/mol. The van der Waals surface area contributed by atoms with Crippen LogP contribution in [-0.4, -0.2) is 23.1 Å². The number of carboxylic acid groups (broad SMARTS) is 1. The number of benzene rings is 1. The standard InChI is InChI=1S/C16H20FNO4/c1-9(2)22-12-5-6-14(13(17)8-12)18-15(19)10-3-4-11(7-10)16(20)21/h5-6,8-11H,3-4,7H2,1-2H3,(H,18,19)(H,20,21)/t10-,11+/m1/s1. The highest BCUT2D eigenvalue weighted by Gasteiger charge is 2.34. The zero-order valence-electron chi connectivity index (χ0n) is 12.6. The summed E-state index contributed by atoms with van der Waals surface area (Å²) in [5.41, 5.74) is 0.0832. The number of hydrogen-bond acceptors (Lipinski definition) is 3. The molecule has 1 saturated carbocycles. The zero-order chi connectivity index (χ0) is 16.3. The summed E-state index contributed by atoms with van der Waals surface area (Å²) in [5, 5.41) is 11.5. The first-order valence-corrected chi connectivity index (χ1v) is 7.36. The lowest BCUT2D eigenvalue weighted by molar-refractivity contribution is -0.141. The van der Waals surface area contributed by atoms with E-state index < -0.39 is 17.7 Å². The maximum atomic E-state index is 14.0. The van der Waals surface area contributed by atoms with Crippen molar-refractivity contribution < 1.29 is 23.8 Å². The number of carboxylic acids is 1. The highest BCUT2D eigenvalue weighted by Crippen LogP contribution is 2.32. The van der Waals surface area contributed by atoms with Gasteiger partial charge in [0.05, 0.1) is 17.7 Å². The summed E-state index contributed by atoms with van der Waals surface area (Å²) in [6.45, 7) is 3.68. The van der Waals surface area contributed by atoms with Gasteiger partial charge in [-0.15, -0.1) is 0 Å². The Hall–Kier alpha value is -2.11. The van der Waals surface area contributed by atoms with Gasteiger partial charge in [-0.25, -0.2) is 4.39 Å². The molecular weight excluding hydrogens is 289 g/mol. The lowest BCUT2D eigenvalue weighted by Crippen LogP contribution is -2.22. The Labute approximate surface area is 128 Å². The number of aliphatic carboxylic acids is 1. The highest BCUT2D eigenvalue weighted by molar-refractivity contribution is 5.93. The summed E-state index contributed by atoms with van der Waals surface area (Å²) in [7, 11) is 0. The van der Waals surface area contributed by atoms with E-state index in [0.29, 0.717) is 25.0 Å². The number of anilines is 1. The van der Waals surface area contributed by atoms with Gasteiger partial charge in [0.25, 0.3) is 0 Å². The number of nitrogens with one attached hydrogen (secondary N) is 1. The summed E-state index contributed by atoms with van der Waals surface area (Å²) in [6.07, 6.45) is 1.24. The maximum Gasteiger partial charge on any atom is 0.306 e. The van der Waals surface area contributed by atoms with Crippen LogP contribution in [0.3, 0.4) is 0 Å². The molecule has 1 aliphatic rings. The monoisotopic (exact) mass is 309 g/mol. The zero-order valence-corrected chi connectivity index (χ0v) is 12.6. The smallest absolute Gasteiger partial charge is 0.306 e. The lowest BCUT2D eigenvalue weighted by Gasteiger charge is -2.13. The summed E-state index contributed by atoms with van der Waals surface area (Å²) < 4.78 is 19.3. The molecule has 0 radical (unpaired) electrons.